The zero-order valence-corrected chi connectivity index (χ0v) is 10.5. The molecule has 0 bridgehead atoms. The number of hydrogen-bond acceptors (Lipinski definition) is 4. The molecule has 94 valence electrons. The summed E-state index contributed by atoms with van der Waals surface area (Å²) in [7, 11) is 1.34. The van der Waals surface area contributed by atoms with Crippen molar-refractivity contribution in [2.75, 3.05) is 13.7 Å². The summed E-state index contributed by atoms with van der Waals surface area (Å²) >= 11 is 0. The van der Waals surface area contributed by atoms with E-state index in [1.807, 2.05) is 24.3 Å². The predicted molar refractivity (Wildman–Crippen MR) is 65.9 cm³/mol. The van der Waals surface area contributed by atoms with E-state index in [2.05, 4.69) is 23.9 Å². The number of hydrogen-bond donors (Lipinski definition) is 1. The second-order valence-corrected chi connectivity index (χ2v) is 4.04. The number of rotatable bonds is 6. The zero-order chi connectivity index (χ0) is 12.7. The van der Waals surface area contributed by atoms with Crippen LogP contribution in [0.25, 0.3) is 0 Å². The van der Waals surface area contributed by atoms with Crippen LogP contribution in [0.2, 0.25) is 0 Å². The second kappa shape index (κ2) is 6.91. The summed E-state index contributed by atoms with van der Waals surface area (Å²) in [6, 6.07) is 8.11. The van der Waals surface area contributed by atoms with Gasteiger partial charge in [0.2, 0.25) is 0 Å². The highest BCUT2D eigenvalue weighted by atomic mass is 16.6. The van der Waals surface area contributed by atoms with Crippen LogP contribution in [0.1, 0.15) is 19.4 Å². The Morgan fingerprint density at radius 3 is 2.47 bits per heavy atom. The van der Waals surface area contributed by atoms with Crippen molar-refractivity contribution in [1.82, 2.24) is 5.32 Å². The summed E-state index contributed by atoms with van der Waals surface area (Å²) in [6.07, 6.45) is 0. The van der Waals surface area contributed by atoms with Crippen molar-refractivity contribution < 1.29 is 14.3 Å². The van der Waals surface area contributed by atoms with Gasteiger partial charge in [-0.2, -0.15) is 0 Å². The molecular formula is C13H19NO3. The molecule has 0 radical (unpaired) electrons. The number of nitrogens with one attached hydrogen (secondary N) is 1. The van der Waals surface area contributed by atoms with E-state index < -0.39 is 0 Å². The first-order valence-corrected chi connectivity index (χ1v) is 5.63. The molecule has 0 fully saturated rings. The molecule has 1 aromatic rings. The van der Waals surface area contributed by atoms with Gasteiger partial charge in [0.05, 0.1) is 7.11 Å². The number of carbonyl (C=O) groups excluding carboxylic acids is 1. The van der Waals surface area contributed by atoms with E-state index in [-0.39, 0.29) is 12.6 Å². The van der Waals surface area contributed by atoms with Crippen molar-refractivity contribution in [2.45, 2.75) is 26.4 Å². The first kappa shape index (κ1) is 13.5. The second-order valence-electron chi connectivity index (χ2n) is 4.04. The zero-order valence-electron chi connectivity index (χ0n) is 10.5. The van der Waals surface area contributed by atoms with Crippen LogP contribution in [0.4, 0.5) is 0 Å². The predicted octanol–water partition coefficient (Wildman–Crippen LogP) is 1.74. The standard InChI is InChI=1S/C13H19NO3/c1-10(2)14-8-11-4-6-12(7-5-11)17-9-13(15)16-3/h4-7,10,14H,8-9H2,1-3H3. The molecular weight excluding hydrogens is 218 g/mol. The third-order valence-corrected chi connectivity index (χ3v) is 2.22. The lowest BCUT2D eigenvalue weighted by Crippen LogP contribution is -2.21. The van der Waals surface area contributed by atoms with Crippen LogP contribution in [0.5, 0.6) is 5.75 Å². The van der Waals surface area contributed by atoms with Gasteiger partial charge in [-0.3, -0.25) is 0 Å². The molecule has 0 aliphatic carbocycles. The SMILES string of the molecule is COC(=O)COc1ccc(CNC(C)C)cc1. The molecule has 0 heterocycles. The van der Waals surface area contributed by atoms with E-state index >= 15 is 0 Å². The Bertz CT molecular complexity index is 346. The van der Waals surface area contributed by atoms with Gasteiger partial charge in [0.15, 0.2) is 6.61 Å². The number of benzene rings is 1. The smallest absolute Gasteiger partial charge is 0.343 e. The summed E-state index contributed by atoms with van der Waals surface area (Å²) in [6.45, 7) is 4.98. The highest BCUT2D eigenvalue weighted by molar-refractivity contribution is 5.70. The minimum atomic E-state index is -0.379. The Kier molecular flexibility index (Phi) is 5.49. The molecule has 0 atom stereocenters. The normalized spacial score (nSPS) is 10.4. The van der Waals surface area contributed by atoms with E-state index in [1.54, 1.807) is 0 Å². The summed E-state index contributed by atoms with van der Waals surface area (Å²) in [5, 5.41) is 3.33. The highest BCUT2D eigenvalue weighted by Crippen LogP contribution is 2.12. The third kappa shape index (κ3) is 5.36. The molecule has 0 saturated carbocycles. The van der Waals surface area contributed by atoms with Crippen molar-refractivity contribution in [2.24, 2.45) is 0 Å². The Hall–Kier alpha value is -1.55. The third-order valence-electron chi connectivity index (χ3n) is 2.22. The van der Waals surface area contributed by atoms with Gasteiger partial charge < -0.3 is 14.8 Å². The minimum Gasteiger partial charge on any atom is -0.482 e. The summed E-state index contributed by atoms with van der Waals surface area (Å²) in [5.74, 6) is 0.291. The van der Waals surface area contributed by atoms with E-state index in [0.29, 0.717) is 11.8 Å². The van der Waals surface area contributed by atoms with Crippen molar-refractivity contribution in [3.63, 3.8) is 0 Å². The fourth-order valence-corrected chi connectivity index (χ4v) is 1.23. The fraction of sp³-hybridized carbons (Fsp3) is 0.462. The molecule has 0 aliphatic rings. The van der Waals surface area contributed by atoms with E-state index in [9.17, 15) is 4.79 Å². The minimum absolute atomic E-state index is 0.0555. The van der Waals surface area contributed by atoms with Crippen molar-refractivity contribution in [3.8, 4) is 5.75 Å². The first-order chi connectivity index (χ1) is 8.11. The van der Waals surface area contributed by atoms with Gasteiger partial charge >= 0.3 is 5.97 Å². The summed E-state index contributed by atoms with van der Waals surface area (Å²) in [4.78, 5) is 10.9. The molecule has 0 aliphatic heterocycles. The lowest BCUT2D eigenvalue weighted by atomic mass is 10.2. The van der Waals surface area contributed by atoms with Crippen molar-refractivity contribution >= 4 is 5.97 Å². The molecule has 0 saturated heterocycles. The van der Waals surface area contributed by atoms with Gasteiger partial charge in [0.1, 0.15) is 5.75 Å². The maximum atomic E-state index is 10.9. The quantitative estimate of drug-likeness (QED) is 0.765. The van der Waals surface area contributed by atoms with Crippen LogP contribution < -0.4 is 10.1 Å². The van der Waals surface area contributed by atoms with Gasteiger partial charge in [-0.05, 0) is 17.7 Å². The summed E-state index contributed by atoms with van der Waals surface area (Å²) in [5.41, 5.74) is 1.18. The molecule has 1 aromatic carbocycles. The summed E-state index contributed by atoms with van der Waals surface area (Å²) < 4.78 is 9.73. The fourth-order valence-electron chi connectivity index (χ4n) is 1.23. The number of ether oxygens (including phenoxy) is 2. The average Bonchev–Trinajstić information content (AvgIpc) is 2.34. The number of carbonyl (C=O) groups is 1. The maximum absolute atomic E-state index is 10.9. The van der Waals surface area contributed by atoms with Gasteiger partial charge in [-0.1, -0.05) is 26.0 Å². The largest absolute Gasteiger partial charge is 0.482 e. The molecule has 1 rings (SSSR count). The maximum Gasteiger partial charge on any atom is 0.343 e. The van der Waals surface area contributed by atoms with E-state index in [1.165, 1.54) is 12.7 Å². The van der Waals surface area contributed by atoms with Crippen LogP contribution in [0.15, 0.2) is 24.3 Å². The van der Waals surface area contributed by atoms with Crippen LogP contribution in [0, 0.1) is 0 Å². The van der Waals surface area contributed by atoms with Gasteiger partial charge in [-0.25, -0.2) is 4.79 Å². The molecule has 4 nitrogen and oxygen atoms in total. The van der Waals surface area contributed by atoms with Crippen LogP contribution in [-0.2, 0) is 16.1 Å². The lowest BCUT2D eigenvalue weighted by Gasteiger charge is -2.09. The molecule has 0 spiro atoms. The molecule has 0 amide bonds. The van der Waals surface area contributed by atoms with Gasteiger partial charge in [0, 0.05) is 12.6 Å². The van der Waals surface area contributed by atoms with Crippen molar-refractivity contribution in [1.29, 1.82) is 0 Å². The topological polar surface area (TPSA) is 47.6 Å². The monoisotopic (exact) mass is 237 g/mol. The van der Waals surface area contributed by atoms with Gasteiger partial charge in [-0.15, -0.1) is 0 Å². The Morgan fingerprint density at radius 1 is 1.29 bits per heavy atom. The van der Waals surface area contributed by atoms with Crippen LogP contribution in [-0.4, -0.2) is 25.7 Å². The van der Waals surface area contributed by atoms with E-state index in [4.69, 9.17) is 4.74 Å². The number of esters is 1. The molecule has 0 unspecified atom stereocenters. The van der Waals surface area contributed by atoms with Gasteiger partial charge in [0.25, 0.3) is 0 Å². The highest BCUT2D eigenvalue weighted by Gasteiger charge is 2.01. The molecule has 0 aromatic heterocycles. The average molecular weight is 237 g/mol. The van der Waals surface area contributed by atoms with E-state index in [0.717, 1.165) is 6.54 Å². The Morgan fingerprint density at radius 2 is 1.94 bits per heavy atom. The number of methoxy groups -OCH3 is 1. The molecule has 1 N–H and O–H groups in total. The lowest BCUT2D eigenvalue weighted by molar-refractivity contribution is -0.142. The van der Waals surface area contributed by atoms with Crippen LogP contribution >= 0.6 is 0 Å². The van der Waals surface area contributed by atoms with Crippen LogP contribution in [0.3, 0.4) is 0 Å². The van der Waals surface area contributed by atoms with Crippen molar-refractivity contribution in [3.05, 3.63) is 29.8 Å². The molecule has 4 heteroatoms. The Balaban J connectivity index is 2.42. The Labute approximate surface area is 102 Å². The first-order valence-electron chi connectivity index (χ1n) is 5.63. The molecule has 17 heavy (non-hydrogen) atoms.